The summed E-state index contributed by atoms with van der Waals surface area (Å²) in [5.74, 6) is 0.0206. The van der Waals surface area contributed by atoms with E-state index in [1.54, 1.807) is 4.68 Å². The number of Topliss-reactive ketones (excluding diaryl/α,β-unsaturated/α-hetero) is 1. The largest absolute Gasteiger partial charge is 0.341 e. The molecule has 0 unspecified atom stereocenters. The Hall–Kier alpha value is -3.13. The van der Waals surface area contributed by atoms with Crippen molar-refractivity contribution in [3.05, 3.63) is 53.5 Å². The summed E-state index contributed by atoms with van der Waals surface area (Å²) in [4.78, 5) is 32.3. The molecule has 2 aromatic heterocycles. The van der Waals surface area contributed by atoms with Gasteiger partial charge >= 0.3 is 0 Å². The van der Waals surface area contributed by atoms with E-state index in [1.165, 1.54) is 11.3 Å². The average molecular weight is 420 g/mol. The number of hydrogen-bond acceptors (Lipinski definition) is 6. The number of carbonyl (C=O) groups excluding carboxylic acids is 2. The van der Waals surface area contributed by atoms with Crippen molar-refractivity contribution in [1.29, 1.82) is 0 Å². The Kier molecular flexibility index (Phi) is 4.78. The fraction of sp³-hybridized carbons (Fsp3) is 0.318. The summed E-state index contributed by atoms with van der Waals surface area (Å²) in [5, 5.41) is 8.89. The van der Waals surface area contributed by atoms with E-state index < -0.39 is 6.04 Å². The van der Waals surface area contributed by atoms with Gasteiger partial charge in [-0.3, -0.25) is 9.59 Å². The van der Waals surface area contributed by atoms with Crippen LogP contribution in [-0.4, -0.2) is 49.7 Å². The molecule has 0 radical (unpaired) electrons. The van der Waals surface area contributed by atoms with E-state index in [2.05, 4.69) is 15.3 Å². The maximum Gasteiger partial charge on any atom is 0.247 e. The zero-order valence-electron chi connectivity index (χ0n) is 16.6. The highest BCUT2D eigenvalue weighted by Gasteiger charge is 2.32. The smallest absolute Gasteiger partial charge is 0.247 e. The van der Waals surface area contributed by atoms with Gasteiger partial charge in [0, 0.05) is 19.0 Å². The second-order valence-electron chi connectivity index (χ2n) is 7.65. The third-order valence-electron chi connectivity index (χ3n) is 5.78. The minimum absolute atomic E-state index is 0.0107. The SMILES string of the molecule is C[C@@H](C(=O)N1CCC(C(=O)c2nc3ccccc3s2)CC1)n1nnc2ccccc21. The van der Waals surface area contributed by atoms with Crippen LogP contribution in [0.25, 0.3) is 21.3 Å². The standard InChI is InChI=1S/C22H21N5O2S/c1-14(27-18-8-4-2-6-16(18)24-25-27)22(29)26-12-10-15(11-13-26)20(28)21-23-17-7-3-5-9-19(17)30-21/h2-9,14-15H,10-13H2,1H3/t14-/m0/s1. The van der Waals surface area contributed by atoms with Crippen LogP contribution in [0.15, 0.2) is 48.5 Å². The summed E-state index contributed by atoms with van der Waals surface area (Å²) in [6.07, 6.45) is 1.32. The fourth-order valence-corrected chi connectivity index (χ4v) is 5.04. The average Bonchev–Trinajstić information content (AvgIpc) is 3.42. The van der Waals surface area contributed by atoms with Crippen molar-refractivity contribution in [2.75, 3.05) is 13.1 Å². The van der Waals surface area contributed by atoms with E-state index in [0.29, 0.717) is 30.9 Å². The normalized spacial score (nSPS) is 16.2. The lowest BCUT2D eigenvalue weighted by Crippen LogP contribution is -2.43. The van der Waals surface area contributed by atoms with Crippen LogP contribution in [0.2, 0.25) is 0 Å². The van der Waals surface area contributed by atoms with Crippen LogP contribution in [0.4, 0.5) is 0 Å². The molecule has 7 nitrogen and oxygen atoms in total. The van der Waals surface area contributed by atoms with Crippen molar-refractivity contribution in [3.63, 3.8) is 0 Å². The number of amides is 1. The van der Waals surface area contributed by atoms with Crippen LogP contribution < -0.4 is 0 Å². The van der Waals surface area contributed by atoms with E-state index >= 15 is 0 Å². The van der Waals surface area contributed by atoms with Gasteiger partial charge in [-0.15, -0.1) is 16.4 Å². The molecule has 0 bridgehead atoms. The number of hydrogen-bond donors (Lipinski definition) is 0. The number of likely N-dealkylation sites (tertiary alicyclic amines) is 1. The second-order valence-corrected chi connectivity index (χ2v) is 8.68. The zero-order chi connectivity index (χ0) is 20.7. The Labute approximate surface area is 177 Å². The van der Waals surface area contributed by atoms with Gasteiger partial charge in [0.15, 0.2) is 10.8 Å². The lowest BCUT2D eigenvalue weighted by molar-refractivity contribution is -0.135. The Bertz CT molecular complexity index is 1210. The monoisotopic (exact) mass is 419 g/mol. The Morgan fingerprint density at radius 3 is 2.50 bits per heavy atom. The molecule has 1 fully saturated rings. The predicted octanol–water partition coefficient (Wildman–Crippen LogP) is 3.72. The lowest BCUT2D eigenvalue weighted by atomic mass is 9.92. The van der Waals surface area contributed by atoms with Gasteiger partial charge in [-0.05, 0) is 44.0 Å². The molecule has 8 heteroatoms. The molecule has 2 aromatic carbocycles. The van der Waals surface area contributed by atoms with E-state index in [0.717, 1.165) is 21.3 Å². The summed E-state index contributed by atoms with van der Waals surface area (Å²) in [7, 11) is 0. The first-order valence-corrected chi connectivity index (χ1v) is 10.9. The maximum absolute atomic E-state index is 13.0. The van der Waals surface area contributed by atoms with E-state index in [4.69, 9.17) is 0 Å². The van der Waals surface area contributed by atoms with Crippen molar-refractivity contribution in [2.45, 2.75) is 25.8 Å². The number of fused-ring (bicyclic) bond motifs is 2. The number of para-hydroxylation sites is 2. The highest BCUT2D eigenvalue weighted by atomic mass is 32.1. The highest BCUT2D eigenvalue weighted by molar-refractivity contribution is 7.20. The van der Waals surface area contributed by atoms with Gasteiger partial charge in [0.25, 0.3) is 0 Å². The van der Waals surface area contributed by atoms with Crippen molar-refractivity contribution in [1.82, 2.24) is 24.9 Å². The number of rotatable bonds is 4. The summed E-state index contributed by atoms with van der Waals surface area (Å²) in [5.41, 5.74) is 2.49. The van der Waals surface area contributed by atoms with Crippen LogP contribution in [0, 0.1) is 5.92 Å². The third kappa shape index (κ3) is 3.27. The number of ketones is 1. The number of benzene rings is 2. The van der Waals surface area contributed by atoms with Crippen LogP contribution in [0.3, 0.4) is 0 Å². The molecule has 3 heterocycles. The first-order chi connectivity index (χ1) is 14.6. The summed E-state index contributed by atoms with van der Waals surface area (Å²) >= 11 is 1.45. The molecular weight excluding hydrogens is 398 g/mol. The first kappa shape index (κ1) is 18.9. The Morgan fingerprint density at radius 1 is 1.03 bits per heavy atom. The quantitative estimate of drug-likeness (QED) is 0.471. The molecule has 152 valence electrons. The molecule has 0 aliphatic carbocycles. The summed E-state index contributed by atoms with van der Waals surface area (Å²) in [6, 6.07) is 15.0. The van der Waals surface area contributed by atoms with Crippen LogP contribution in [0.5, 0.6) is 0 Å². The van der Waals surface area contributed by atoms with Gasteiger partial charge in [-0.25, -0.2) is 9.67 Å². The van der Waals surface area contributed by atoms with Crippen molar-refractivity contribution < 1.29 is 9.59 Å². The minimum Gasteiger partial charge on any atom is -0.341 e. The lowest BCUT2D eigenvalue weighted by Gasteiger charge is -2.32. The summed E-state index contributed by atoms with van der Waals surface area (Å²) < 4.78 is 2.71. The number of nitrogens with zero attached hydrogens (tertiary/aromatic N) is 5. The number of carbonyl (C=O) groups is 2. The molecule has 1 aliphatic rings. The fourth-order valence-electron chi connectivity index (χ4n) is 4.06. The Balaban J connectivity index is 1.26. The predicted molar refractivity (Wildman–Crippen MR) is 115 cm³/mol. The number of thiazole rings is 1. The third-order valence-corrected chi connectivity index (χ3v) is 6.83. The number of aromatic nitrogens is 4. The molecular formula is C22H21N5O2S. The molecule has 0 N–H and O–H groups in total. The zero-order valence-corrected chi connectivity index (χ0v) is 17.4. The molecule has 0 spiro atoms. The van der Waals surface area contributed by atoms with E-state index in [9.17, 15) is 9.59 Å². The molecule has 0 saturated carbocycles. The second kappa shape index (κ2) is 7.60. The van der Waals surface area contributed by atoms with Crippen LogP contribution in [0.1, 0.15) is 35.6 Å². The van der Waals surface area contributed by atoms with E-state index in [1.807, 2.05) is 60.4 Å². The minimum atomic E-state index is -0.436. The molecule has 4 aromatic rings. The molecule has 30 heavy (non-hydrogen) atoms. The van der Waals surface area contributed by atoms with Crippen molar-refractivity contribution in [3.8, 4) is 0 Å². The molecule has 1 amide bonds. The summed E-state index contributed by atoms with van der Waals surface area (Å²) in [6.45, 7) is 2.98. The topological polar surface area (TPSA) is 81.0 Å². The van der Waals surface area contributed by atoms with Crippen molar-refractivity contribution >= 4 is 44.3 Å². The van der Waals surface area contributed by atoms with Crippen LogP contribution >= 0.6 is 11.3 Å². The van der Waals surface area contributed by atoms with Gasteiger partial charge < -0.3 is 4.90 Å². The van der Waals surface area contributed by atoms with E-state index in [-0.39, 0.29) is 17.6 Å². The maximum atomic E-state index is 13.0. The first-order valence-electron chi connectivity index (χ1n) is 10.1. The molecule has 1 atom stereocenters. The van der Waals surface area contributed by atoms with Gasteiger partial charge in [0.05, 0.1) is 15.7 Å². The Morgan fingerprint density at radius 2 is 1.73 bits per heavy atom. The molecule has 5 rings (SSSR count). The van der Waals surface area contributed by atoms with Crippen molar-refractivity contribution in [2.24, 2.45) is 5.92 Å². The highest BCUT2D eigenvalue weighted by Crippen LogP contribution is 2.28. The van der Waals surface area contributed by atoms with Gasteiger partial charge in [-0.1, -0.05) is 29.5 Å². The molecule has 1 aliphatic heterocycles. The van der Waals surface area contributed by atoms with Crippen LogP contribution in [-0.2, 0) is 4.79 Å². The number of piperidine rings is 1. The van der Waals surface area contributed by atoms with Gasteiger partial charge in [0.2, 0.25) is 5.91 Å². The molecule has 1 saturated heterocycles. The van der Waals surface area contributed by atoms with Gasteiger partial charge in [-0.2, -0.15) is 0 Å². The van der Waals surface area contributed by atoms with Gasteiger partial charge in [0.1, 0.15) is 11.6 Å².